The molecular weight excluding hydrogens is 547 g/mol. The maximum Gasteiger partial charge on any atom is 0.248 e. The molecule has 2 aromatic carbocycles. The predicted molar refractivity (Wildman–Crippen MR) is 160 cm³/mol. The van der Waals surface area contributed by atoms with E-state index in [-0.39, 0.29) is 10.9 Å². The summed E-state index contributed by atoms with van der Waals surface area (Å²) in [5, 5.41) is 6.84. The summed E-state index contributed by atoms with van der Waals surface area (Å²) in [6.07, 6.45) is 6.92. The standard InChI is InChI=1S/C30H36ClFN6O3/c1-21-7-10-38(19-21)8-2-4-29(39)36-27-17-23-26(18-28(27)41-13-3-9-37-11-14-40-15-12-37)33-20-34-30(23)35-22-5-6-25(32)24(31)16-22/h2,4-6,16-18,20-21H,3,7-15,19H2,1H3,(H,36,39)(H,33,34,35)/b4-2+. The summed E-state index contributed by atoms with van der Waals surface area (Å²) in [6, 6.07) is 7.96. The SMILES string of the molecule is CC1CCN(C/C=C/C(=O)Nc2cc3c(Nc4ccc(F)c(Cl)c4)ncnc3cc2OCCCN2CCOCC2)C1. The number of hydrogen-bond acceptors (Lipinski definition) is 8. The summed E-state index contributed by atoms with van der Waals surface area (Å²) >= 11 is 5.97. The number of ether oxygens (including phenoxy) is 2. The molecular formula is C30H36ClFN6O3. The van der Waals surface area contributed by atoms with Crippen molar-refractivity contribution in [1.29, 1.82) is 0 Å². The minimum absolute atomic E-state index is 0.00394. The molecule has 2 saturated heterocycles. The molecule has 0 spiro atoms. The smallest absolute Gasteiger partial charge is 0.248 e. The molecule has 2 fully saturated rings. The number of rotatable bonds is 11. The van der Waals surface area contributed by atoms with Gasteiger partial charge in [-0.1, -0.05) is 24.6 Å². The number of likely N-dealkylation sites (tertiary alicyclic amines) is 1. The highest BCUT2D eigenvalue weighted by molar-refractivity contribution is 6.31. The molecule has 0 saturated carbocycles. The second kappa shape index (κ2) is 14.0. The van der Waals surface area contributed by atoms with Crippen molar-refractivity contribution in [2.75, 3.05) is 69.7 Å². The average Bonchev–Trinajstić information content (AvgIpc) is 3.38. The number of carbonyl (C=O) groups excluding carboxylic acids is 1. The minimum atomic E-state index is -0.502. The van der Waals surface area contributed by atoms with Gasteiger partial charge in [-0.3, -0.25) is 14.6 Å². The number of hydrogen-bond donors (Lipinski definition) is 2. The third-order valence-corrected chi connectivity index (χ3v) is 7.59. The van der Waals surface area contributed by atoms with Crippen LogP contribution in [0.25, 0.3) is 10.9 Å². The van der Waals surface area contributed by atoms with E-state index in [0.717, 1.165) is 58.9 Å². The molecule has 0 radical (unpaired) electrons. The number of anilines is 3. The van der Waals surface area contributed by atoms with Crippen LogP contribution in [0.2, 0.25) is 5.02 Å². The number of morpholine rings is 1. The number of amides is 1. The molecule has 1 amide bonds. The van der Waals surface area contributed by atoms with Gasteiger partial charge in [0.2, 0.25) is 5.91 Å². The lowest BCUT2D eigenvalue weighted by molar-refractivity contribution is -0.111. The van der Waals surface area contributed by atoms with Crippen molar-refractivity contribution in [3.05, 3.63) is 59.7 Å². The van der Waals surface area contributed by atoms with Crippen LogP contribution in [0.5, 0.6) is 5.75 Å². The van der Waals surface area contributed by atoms with Crippen molar-refractivity contribution in [3.8, 4) is 5.75 Å². The second-order valence-electron chi connectivity index (χ2n) is 10.5. The number of carbonyl (C=O) groups is 1. The van der Waals surface area contributed by atoms with Crippen LogP contribution in [0.4, 0.5) is 21.6 Å². The van der Waals surface area contributed by atoms with E-state index in [4.69, 9.17) is 21.1 Å². The van der Waals surface area contributed by atoms with E-state index in [0.29, 0.717) is 46.4 Å². The van der Waals surface area contributed by atoms with Crippen molar-refractivity contribution in [1.82, 2.24) is 19.8 Å². The summed E-state index contributed by atoms with van der Waals surface area (Å²) in [4.78, 5) is 26.4. The molecule has 2 aliphatic rings. The zero-order valence-corrected chi connectivity index (χ0v) is 24.0. The predicted octanol–water partition coefficient (Wildman–Crippen LogP) is 5.10. The van der Waals surface area contributed by atoms with Gasteiger partial charge in [0.25, 0.3) is 0 Å². The summed E-state index contributed by atoms with van der Waals surface area (Å²) in [5.41, 5.74) is 1.73. The maximum atomic E-state index is 13.7. The second-order valence-corrected chi connectivity index (χ2v) is 10.9. The van der Waals surface area contributed by atoms with E-state index in [2.05, 4.69) is 37.3 Å². The van der Waals surface area contributed by atoms with Crippen LogP contribution in [0.3, 0.4) is 0 Å². The van der Waals surface area contributed by atoms with Gasteiger partial charge < -0.3 is 20.1 Å². The Kier molecular flexibility index (Phi) is 10.00. The quantitative estimate of drug-likeness (QED) is 0.238. The number of fused-ring (bicyclic) bond motifs is 1. The first-order valence-electron chi connectivity index (χ1n) is 14.1. The van der Waals surface area contributed by atoms with Gasteiger partial charge in [-0.2, -0.15) is 0 Å². The van der Waals surface area contributed by atoms with Crippen LogP contribution in [0, 0.1) is 11.7 Å². The van der Waals surface area contributed by atoms with E-state index in [9.17, 15) is 9.18 Å². The number of aromatic nitrogens is 2. The summed E-state index contributed by atoms with van der Waals surface area (Å²) in [7, 11) is 0. The first kappa shape index (κ1) is 29.2. The molecule has 3 aromatic rings. The zero-order chi connectivity index (χ0) is 28.6. The first-order chi connectivity index (χ1) is 19.9. The van der Waals surface area contributed by atoms with E-state index in [1.165, 1.54) is 24.9 Å². The molecule has 5 rings (SSSR count). The lowest BCUT2D eigenvalue weighted by atomic mass is 10.1. The first-order valence-corrected chi connectivity index (χ1v) is 14.5. The largest absolute Gasteiger partial charge is 0.491 e. The molecule has 3 heterocycles. The molecule has 2 aliphatic heterocycles. The summed E-state index contributed by atoms with van der Waals surface area (Å²) < 4.78 is 25.3. The van der Waals surface area contributed by atoms with Gasteiger partial charge in [0.15, 0.2) is 0 Å². The summed E-state index contributed by atoms with van der Waals surface area (Å²) in [5.74, 6) is 0.965. The normalized spacial score (nSPS) is 18.3. The third kappa shape index (κ3) is 8.13. The molecule has 41 heavy (non-hydrogen) atoms. The van der Waals surface area contributed by atoms with Crippen LogP contribution >= 0.6 is 11.6 Å². The Morgan fingerprint density at radius 1 is 1.20 bits per heavy atom. The Balaban J connectivity index is 1.33. The monoisotopic (exact) mass is 582 g/mol. The molecule has 1 aromatic heterocycles. The van der Waals surface area contributed by atoms with Crippen molar-refractivity contribution < 1.29 is 18.7 Å². The van der Waals surface area contributed by atoms with Gasteiger partial charge in [0, 0.05) is 55.9 Å². The highest BCUT2D eigenvalue weighted by atomic mass is 35.5. The van der Waals surface area contributed by atoms with Crippen LogP contribution in [-0.2, 0) is 9.53 Å². The van der Waals surface area contributed by atoms with Crippen LogP contribution in [-0.4, -0.2) is 84.8 Å². The van der Waals surface area contributed by atoms with E-state index in [1.807, 2.05) is 6.08 Å². The highest BCUT2D eigenvalue weighted by Gasteiger charge is 2.18. The summed E-state index contributed by atoms with van der Waals surface area (Å²) in [6.45, 7) is 9.84. The van der Waals surface area contributed by atoms with E-state index >= 15 is 0 Å². The van der Waals surface area contributed by atoms with Crippen molar-refractivity contribution in [2.45, 2.75) is 19.8 Å². The fourth-order valence-electron chi connectivity index (χ4n) is 5.08. The number of nitrogens with one attached hydrogen (secondary N) is 2. The van der Waals surface area contributed by atoms with Gasteiger partial charge in [-0.05, 0) is 49.6 Å². The van der Waals surface area contributed by atoms with Crippen LogP contribution in [0.15, 0.2) is 48.8 Å². The molecule has 0 aliphatic carbocycles. The fourth-order valence-corrected chi connectivity index (χ4v) is 5.26. The van der Waals surface area contributed by atoms with Crippen LogP contribution < -0.4 is 15.4 Å². The minimum Gasteiger partial charge on any atom is -0.491 e. The van der Waals surface area contributed by atoms with Gasteiger partial charge in [0.05, 0.1) is 36.0 Å². The fraction of sp³-hybridized carbons (Fsp3) is 0.433. The highest BCUT2D eigenvalue weighted by Crippen LogP contribution is 2.34. The topological polar surface area (TPSA) is 91.9 Å². The van der Waals surface area contributed by atoms with E-state index in [1.54, 1.807) is 24.3 Å². The molecule has 1 unspecified atom stereocenters. The molecule has 9 nitrogen and oxygen atoms in total. The number of nitrogens with zero attached hydrogens (tertiary/aromatic N) is 4. The average molecular weight is 583 g/mol. The Hall–Kier alpha value is -3.31. The molecule has 218 valence electrons. The number of halogens is 2. The van der Waals surface area contributed by atoms with Gasteiger partial charge in [0.1, 0.15) is 23.7 Å². The maximum absolute atomic E-state index is 13.7. The van der Waals surface area contributed by atoms with Crippen molar-refractivity contribution >= 4 is 45.6 Å². The lowest BCUT2D eigenvalue weighted by Crippen LogP contribution is -2.37. The van der Waals surface area contributed by atoms with Crippen molar-refractivity contribution in [3.63, 3.8) is 0 Å². The Morgan fingerprint density at radius 2 is 2.05 bits per heavy atom. The van der Waals surface area contributed by atoms with Gasteiger partial charge in [-0.15, -0.1) is 0 Å². The Labute approximate surface area is 244 Å². The molecule has 2 N–H and O–H groups in total. The lowest BCUT2D eigenvalue weighted by Gasteiger charge is -2.26. The number of benzene rings is 2. The van der Waals surface area contributed by atoms with Crippen LogP contribution in [0.1, 0.15) is 19.8 Å². The molecule has 11 heteroatoms. The molecule has 0 bridgehead atoms. The van der Waals surface area contributed by atoms with Gasteiger partial charge in [-0.25, -0.2) is 14.4 Å². The molecule has 1 atom stereocenters. The van der Waals surface area contributed by atoms with Gasteiger partial charge >= 0.3 is 0 Å². The Bertz CT molecular complexity index is 1380. The third-order valence-electron chi connectivity index (χ3n) is 7.30. The van der Waals surface area contributed by atoms with E-state index < -0.39 is 5.82 Å². The Morgan fingerprint density at radius 3 is 2.83 bits per heavy atom. The van der Waals surface area contributed by atoms with Crippen molar-refractivity contribution in [2.24, 2.45) is 5.92 Å². The zero-order valence-electron chi connectivity index (χ0n) is 23.2.